The highest BCUT2D eigenvalue weighted by Crippen LogP contribution is 2.42. The third kappa shape index (κ3) is 4.84. The van der Waals surface area contributed by atoms with E-state index in [1.54, 1.807) is 6.20 Å². The highest BCUT2D eigenvalue weighted by molar-refractivity contribution is 7.80. The Labute approximate surface area is 222 Å². The van der Waals surface area contributed by atoms with Crippen LogP contribution in [0.3, 0.4) is 0 Å². The molecule has 2 N–H and O–H groups in total. The van der Waals surface area contributed by atoms with Gasteiger partial charge in [0.05, 0.1) is 11.7 Å². The number of aryl methyl sites for hydroxylation is 2. The molecule has 4 aromatic rings. The molecule has 1 fully saturated rings. The first-order valence-corrected chi connectivity index (χ1v) is 12.8. The zero-order valence-electron chi connectivity index (χ0n) is 21.3. The van der Waals surface area contributed by atoms with Crippen LogP contribution in [0.25, 0.3) is 5.82 Å². The number of hydrogen-bond acceptors (Lipinski definition) is 4. The Morgan fingerprint density at radius 3 is 2.57 bits per heavy atom. The van der Waals surface area contributed by atoms with Crippen molar-refractivity contribution < 1.29 is 4.79 Å². The maximum Gasteiger partial charge on any atom is 0.226 e. The summed E-state index contributed by atoms with van der Waals surface area (Å²) < 4.78 is 2.10. The molecule has 188 valence electrons. The van der Waals surface area contributed by atoms with Gasteiger partial charge in [0, 0.05) is 41.6 Å². The van der Waals surface area contributed by atoms with Crippen molar-refractivity contribution in [2.45, 2.75) is 39.8 Å². The first-order valence-electron chi connectivity index (χ1n) is 12.4. The number of carbonyl (C=O) groups excluding carboxylic acids is 1. The molecule has 7 nitrogen and oxygen atoms in total. The minimum Gasteiger partial charge on any atom is -0.351 e. The molecule has 37 heavy (non-hydrogen) atoms. The molecule has 0 saturated carbocycles. The molecule has 0 radical (unpaired) electrons. The first kappa shape index (κ1) is 24.6. The Bertz CT molecular complexity index is 1430. The number of rotatable bonds is 6. The molecule has 1 saturated heterocycles. The Balaban J connectivity index is 1.59. The predicted molar refractivity (Wildman–Crippen MR) is 151 cm³/mol. The number of benzene rings is 1. The zero-order valence-corrected chi connectivity index (χ0v) is 22.2. The molecule has 1 aromatic carbocycles. The zero-order chi connectivity index (χ0) is 26.1. The molecule has 1 aliphatic heterocycles. The Morgan fingerprint density at radius 1 is 1.05 bits per heavy atom. The maximum atomic E-state index is 12.3. The van der Waals surface area contributed by atoms with Crippen molar-refractivity contribution >= 4 is 34.6 Å². The normalized spacial score (nSPS) is 17.2. The van der Waals surface area contributed by atoms with Gasteiger partial charge in [-0.05, 0) is 85.7 Å². The summed E-state index contributed by atoms with van der Waals surface area (Å²) in [5.74, 6) is 0.734. The summed E-state index contributed by atoms with van der Waals surface area (Å²) >= 11 is 5.90. The van der Waals surface area contributed by atoms with E-state index in [2.05, 4.69) is 48.3 Å². The lowest BCUT2D eigenvalue weighted by atomic mass is 10.0. The van der Waals surface area contributed by atoms with Gasteiger partial charge in [0.15, 0.2) is 5.11 Å². The van der Waals surface area contributed by atoms with Gasteiger partial charge in [-0.1, -0.05) is 26.0 Å². The molecule has 0 bridgehead atoms. The van der Waals surface area contributed by atoms with Crippen LogP contribution in [0.4, 0.5) is 11.4 Å². The summed E-state index contributed by atoms with van der Waals surface area (Å²) in [4.78, 5) is 23.8. The van der Waals surface area contributed by atoms with Gasteiger partial charge < -0.3 is 20.1 Å². The summed E-state index contributed by atoms with van der Waals surface area (Å²) in [5, 5.41) is 7.15. The van der Waals surface area contributed by atoms with E-state index >= 15 is 0 Å². The summed E-state index contributed by atoms with van der Waals surface area (Å²) in [6, 6.07) is 19.8. The van der Waals surface area contributed by atoms with Gasteiger partial charge in [0.1, 0.15) is 11.9 Å². The van der Waals surface area contributed by atoms with Crippen LogP contribution in [0.5, 0.6) is 0 Å². The fourth-order valence-corrected chi connectivity index (χ4v) is 4.94. The van der Waals surface area contributed by atoms with Crippen LogP contribution in [-0.2, 0) is 4.79 Å². The van der Waals surface area contributed by atoms with Crippen molar-refractivity contribution in [2.24, 2.45) is 5.92 Å². The molecule has 2 atom stereocenters. The van der Waals surface area contributed by atoms with Crippen molar-refractivity contribution in [1.82, 2.24) is 19.9 Å². The molecule has 8 heteroatoms. The second kappa shape index (κ2) is 10.1. The number of amides is 1. The lowest BCUT2D eigenvalue weighted by molar-refractivity contribution is -0.118. The van der Waals surface area contributed by atoms with E-state index in [1.807, 2.05) is 82.6 Å². The molecule has 3 aromatic heterocycles. The topological polar surface area (TPSA) is 75.1 Å². The summed E-state index contributed by atoms with van der Waals surface area (Å²) in [6.07, 6.45) is 5.70. The Hall–Kier alpha value is -4.04. The van der Waals surface area contributed by atoms with Crippen molar-refractivity contribution in [3.05, 3.63) is 102 Å². The van der Waals surface area contributed by atoms with Crippen LogP contribution in [0.2, 0.25) is 0 Å². The minimum absolute atomic E-state index is 0.00859. The smallest absolute Gasteiger partial charge is 0.226 e. The third-order valence-electron chi connectivity index (χ3n) is 6.59. The molecular weight excluding hydrogens is 480 g/mol. The van der Waals surface area contributed by atoms with E-state index in [1.165, 1.54) is 0 Å². The lowest BCUT2D eigenvalue weighted by Crippen LogP contribution is -2.30. The SMILES string of the molecule is Cc1ccc(-n2cccc2[C@H]2[C@@H](c3ccccn3)NC(=S)N2c2ccc(NC(=O)C(C)C)c(C)c2)nc1. The van der Waals surface area contributed by atoms with E-state index < -0.39 is 0 Å². The molecule has 1 amide bonds. The van der Waals surface area contributed by atoms with Crippen LogP contribution in [0.15, 0.2) is 79.3 Å². The van der Waals surface area contributed by atoms with Gasteiger partial charge in [-0.3, -0.25) is 9.78 Å². The predicted octanol–water partition coefficient (Wildman–Crippen LogP) is 5.66. The fraction of sp³-hybridized carbons (Fsp3) is 0.241. The van der Waals surface area contributed by atoms with E-state index in [0.29, 0.717) is 5.11 Å². The largest absolute Gasteiger partial charge is 0.351 e. The van der Waals surface area contributed by atoms with Gasteiger partial charge in [-0.25, -0.2) is 4.98 Å². The molecular formula is C29H30N6OS. The van der Waals surface area contributed by atoms with Gasteiger partial charge in [0.25, 0.3) is 0 Å². The number of anilines is 2. The second-order valence-electron chi connectivity index (χ2n) is 9.64. The molecule has 0 spiro atoms. The number of carbonyl (C=O) groups is 1. The van der Waals surface area contributed by atoms with E-state index in [9.17, 15) is 4.79 Å². The summed E-state index contributed by atoms with van der Waals surface area (Å²) in [5.41, 5.74) is 5.74. The van der Waals surface area contributed by atoms with Crippen molar-refractivity contribution in [1.29, 1.82) is 0 Å². The average Bonchev–Trinajstić information content (AvgIpc) is 3.50. The lowest BCUT2D eigenvalue weighted by Gasteiger charge is -2.29. The van der Waals surface area contributed by atoms with Crippen molar-refractivity contribution in [3.63, 3.8) is 0 Å². The van der Waals surface area contributed by atoms with E-state index in [0.717, 1.165) is 39.7 Å². The number of thiocarbonyl (C=S) groups is 1. The second-order valence-corrected chi connectivity index (χ2v) is 10.0. The number of hydrogen-bond donors (Lipinski definition) is 2. The van der Waals surface area contributed by atoms with Gasteiger partial charge in [0.2, 0.25) is 5.91 Å². The van der Waals surface area contributed by atoms with Crippen LogP contribution in [0, 0.1) is 19.8 Å². The first-order chi connectivity index (χ1) is 17.8. The average molecular weight is 511 g/mol. The summed E-state index contributed by atoms with van der Waals surface area (Å²) in [7, 11) is 0. The molecule has 1 aliphatic rings. The quantitative estimate of drug-likeness (QED) is 0.326. The van der Waals surface area contributed by atoms with Gasteiger partial charge in [-0.15, -0.1) is 0 Å². The fourth-order valence-electron chi connectivity index (χ4n) is 4.59. The minimum atomic E-state index is -0.184. The number of aromatic nitrogens is 3. The molecule has 4 heterocycles. The molecule has 0 aliphatic carbocycles. The highest BCUT2D eigenvalue weighted by atomic mass is 32.1. The van der Waals surface area contributed by atoms with Crippen molar-refractivity contribution in [3.8, 4) is 5.82 Å². The highest BCUT2D eigenvalue weighted by Gasteiger charge is 2.42. The van der Waals surface area contributed by atoms with Crippen LogP contribution < -0.4 is 15.5 Å². The number of nitrogens with one attached hydrogen (secondary N) is 2. The van der Waals surface area contributed by atoms with Crippen molar-refractivity contribution in [2.75, 3.05) is 10.2 Å². The van der Waals surface area contributed by atoms with E-state index in [-0.39, 0.29) is 23.9 Å². The molecule has 5 rings (SSSR count). The van der Waals surface area contributed by atoms with Gasteiger partial charge >= 0.3 is 0 Å². The number of nitrogens with zero attached hydrogens (tertiary/aromatic N) is 4. The Morgan fingerprint density at radius 2 is 1.89 bits per heavy atom. The Kier molecular flexibility index (Phi) is 6.76. The monoisotopic (exact) mass is 510 g/mol. The number of pyridine rings is 2. The van der Waals surface area contributed by atoms with Crippen LogP contribution in [0.1, 0.15) is 48.4 Å². The van der Waals surface area contributed by atoms with Crippen LogP contribution >= 0.6 is 12.2 Å². The standard InChI is InChI=1S/C29H30N6OS/c1-18(2)28(36)32-22-12-11-21(16-20(22)4)35-27(26(33-29(35)37)23-8-5-6-14-30-23)24-9-7-15-34(24)25-13-10-19(3)17-31-25/h5-18,26-27H,1-4H3,(H,32,36)(H,33,37)/t26-,27+/m1/s1. The van der Waals surface area contributed by atoms with Gasteiger partial charge in [-0.2, -0.15) is 0 Å². The van der Waals surface area contributed by atoms with Crippen LogP contribution in [-0.4, -0.2) is 25.6 Å². The molecule has 0 unspecified atom stereocenters. The third-order valence-corrected chi connectivity index (χ3v) is 6.91. The maximum absolute atomic E-state index is 12.3. The summed E-state index contributed by atoms with van der Waals surface area (Å²) in [6.45, 7) is 7.79. The van der Waals surface area contributed by atoms with E-state index in [4.69, 9.17) is 12.2 Å².